The van der Waals surface area contributed by atoms with E-state index >= 15 is 0 Å². The number of nitrogens with two attached hydrogens (primary N) is 1. The van der Waals surface area contributed by atoms with Crippen LogP contribution in [-0.4, -0.2) is 54.1 Å². The number of hydrogen-bond acceptors (Lipinski definition) is 5. The summed E-state index contributed by atoms with van der Waals surface area (Å²) in [6, 6.07) is 9.35. The number of para-hydroxylation sites is 1. The average molecular weight is 347 g/mol. The van der Waals surface area contributed by atoms with Crippen molar-refractivity contribution in [3.05, 3.63) is 41.6 Å². The highest BCUT2D eigenvalue weighted by Gasteiger charge is 2.50. The number of amides is 1. The van der Waals surface area contributed by atoms with Gasteiger partial charge >= 0.3 is 0 Å². The zero-order valence-corrected chi connectivity index (χ0v) is 14.6. The van der Waals surface area contributed by atoms with E-state index in [4.69, 9.17) is 5.73 Å². The second-order valence-corrected chi connectivity index (χ2v) is 7.49. The second kappa shape index (κ2) is 6.23. The molecule has 3 unspecified atom stereocenters. The SMILES string of the molecule is CC[N+](C)(CC1=C(C(=O)[O-])N2C(=O)C(N)C2SC1)c1ccccc1. The molecule has 128 valence electrons. The molecule has 2 N–H and O–H groups in total. The lowest BCUT2D eigenvalue weighted by molar-refractivity contribution is -0.301. The molecule has 1 amide bonds. The fraction of sp³-hybridized carbons (Fsp3) is 0.412. The molecule has 3 rings (SSSR count). The summed E-state index contributed by atoms with van der Waals surface area (Å²) in [6.45, 7) is 3.38. The minimum atomic E-state index is -1.30. The van der Waals surface area contributed by atoms with Crippen LogP contribution in [-0.2, 0) is 9.59 Å². The highest BCUT2D eigenvalue weighted by molar-refractivity contribution is 8.00. The van der Waals surface area contributed by atoms with Gasteiger partial charge in [0.15, 0.2) is 0 Å². The number of fused-ring (bicyclic) bond motifs is 1. The van der Waals surface area contributed by atoms with Crippen LogP contribution in [0.15, 0.2) is 41.6 Å². The summed E-state index contributed by atoms with van der Waals surface area (Å²) in [5, 5.41) is 11.4. The third-order valence-corrected chi connectivity index (χ3v) is 6.26. The number of rotatable bonds is 5. The van der Waals surface area contributed by atoms with E-state index in [-0.39, 0.29) is 17.0 Å². The number of quaternary nitrogens is 1. The second-order valence-electron chi connectivity index (χ2n) is 6.38. The van der Waals surface area contributed by atoms with Gasteiger partial charge in [-0.1, -0.05) is 18.2 Å². The summed E-state index contributed by atoms with van der Waals surface area (Å²) < 4.78 is 0.562. The molecule has 6 nitrogen and oxygen atoms in total. The molecule has 1 saturated heterocycles. The molecular formula is C17H21N3O3S. The lowest BCUT2D eigenvalue weighted by Gasteiger charge is -2.50. The van der Waals surface area contributed by atoms with Crippen molar-refractivity contribution in [2.75, 3.05) is 25.9 Å². The van der Waals surface area contributed by atoms with Crippen LogP contribution in [0, 0.1) is 0 Å². The van der Waals surface area contributed by atoms with E-state index < -0.39 is 12.0 Å². The van der Waals surface area contributed by atoms with Gasteiger partial charge < -0.3 is 15.6 Å². The average Bonchev–Trinajstić information content (AvgIpc) is 2.61. The number of carbonyl (C=O) groups excluding carboxylic acids is 2. The number of nitrogens with zero attached hydrogens (tertiary/aromatic N) is 2. The van der Waals surface area contributed by atoms with E-state index in [2.05, 4.69) is 14.0 Å². The first-order chi connectivity index (χ1) is 11.4. The van der Waals surface area contributed by atoms with E-state index in [1.807, 2.05) is 30.3 Å². The van der Waals surface area contributed by atoms with Gasteiger partial charge in [-0.15, -0.1) is 11.8 Å². The minimum absolute atomic E-state index is 0.0131. The molecule has 7 heteroatoms. The van der Waals surface area contributed by atoms with Crippen molar-refractivity contribution in [2.24, 2.45) is 5.73 Å². The summed E-state index contributed by atoms with van der Waals surface area (Å²) in [5.41, 5.74) is 7.62. The van der Waals surface area contributed by atoms with Crippen LogP contribution in [0.3, 0.4) is 0 Å². The lowest BCUT2D eigenvalue weighted by atomic mass is 10.0. The number of aliphatic carboxylic acids is 1. The van der Waals surface area contributed by atoms with Gasteiger partial charge in [-0.3, -0.25) is 14.2 Å². The molecule has 0 saturated carbocycles. The van der Waals surface area contributed by atoms with Crippen LogP contribution < -0.4 is 15.3 Å². The maximum absolute atomic E-state index is 12.0. The zero-order chi connectivity index (χ0) is 17.5. The number of benzene rings is 1. The quantitative estimate of drug-likeness (QED) is 0.593. The van der Waals surface area contributed by atoms with Crippen molar-refractivity contribution >= 4 is 29.3 Å². The number of likely N-dealkylation sites (N-methyl/N-ethyl adjacent to an activating group) is 1. The highest BCUT2D eigenvalue weighted by atomic mass is 32.2. The predicted octanol–water partition coefficient (Wildman–Crippen LogP) is -0.110. The Hall–Kier alpha value is -1.83. The van der Waals surface area contributed by atoms with Crippen molar-refractivity contribution in [3.8, 4) is 0 Å². The van der Waals surface area contributed by atoms with Crippen molar-refractivity contribution < 1.29 is 14.7 Å². The Morgan fingerprint density at radius 2 is 2.08 bits per heavy atom. The number of hydrogen-bond donors (Lipinski definition) is 1. The maximum Gasteiger partial charge on any atom is 0.248 e. The molecule has 2 aliphatic rings. The van der Waals surface area contributed by atoms with E-state index in [0.717, 1.165) is 17.8 Å². The third kappa shape index (κ3) is 2.62. The molecule has 0 spiro atoms. The van der Waals surface area contributed by atoms with E-state index in [0.29, 0.717) is 16.8 Å². The number of carboxylic acids is 1. The fourth-order valence-electron chi connectivity index (χ4n) is 3.28. The van der Waals surface area contributed by atoms with Gasteiger partial charge in [-0.2, -0.15) is 0 Å². The third-order valence-electron chi connectivity index (χ3n) is 4.90. The molecular weight excluding hydrogens is 326 g/mol. The number of thioether (sulfide) groups is 1. The van der Waals surface area contributed by atoms with E-state index in [1.165, 1.54) is 16.7 Å². The van der Waals surface area contributed by atoms with Gasteiger partial charge in [-0.05, 0) is 19.1 Å². The molecule has 1 aromatic carbocycles. The van der Waals surface area contributed by atoms with Gasteiger partial charge in [0, 0.05) is 11.3 Å². The molecule has 1 fully saturated rings. The van der Waals surface area contributed by atoms with E-state index in [1.54, 1.807) is 0 Å². The first-order valence-corrected chi connectivity index (χ1v) is 8.97. The summed E-state index contributed by atoms with van der Waals surface area (Å²) in [4.78, 5) is 25.0. The van der Waals surface area contributed by atoms with Gasteiger partial charge in [0.05, 0.1) is 25.3 Å². The molecule has 2 heterocycles. The predicted molar refractivity (Wildman–Crippen MR) is 92.7 cm³/mol. The van der Waals surface area contributed by atoms with Crippen LogP contribution in [0.4, 0.5) is 5.69 Å². The summed E-state index contributed by atoms with van der Waals surface area (Å²) in [7, 11) is 2.07. The Labute approximate surface area is 145 Å². The van der Waals surface area contributed by atoms with Crippen molar-refractivity contribution in [2.45, 2.75) is 18.3 Å². The summed E-state index contributed by atoms with van der Waals surface area (Å²) >= 11 is 1.52. The topological polar surface area (TPSA) is 86.5 Å². The fourth-order valence-corrected chi connectivity index (χ4v) is 4.57. The molecule has 2 aliphatic heterocycles. The first-order valence-electron chi connectivity index (χ1n) is 7.93. The Kier molecular flexibility index (Phi) is 4.42. The van der Waals surface area contributed by atoms with Gasteiger partial charge in [-0.25, -0.2) is 0 Å². The van der Waals surface area contributed by atoms with Gasteiger partial charge in [0.2, 0.25) is 5.91 Å². The molecule has 0 bridgehead atoms. The standard InChI is InChI=1S/C17H21N3O3S/c1-3-20(2,12-7-5-4-6-8-12)9-11-10-24-16-13(18)15(21)19(16)14(11)17(22)23/h4-8,13,16H,3,9-10,18H2,1-2H3. The van der Waals surface area contributed by atoms with Gasteiger partial charge in [0.25, 0.3) is 0 Å². The van der Waals surface area contributed by atoms with E-state index in [9.17, 15) is 14.7 Å². The van der Waals surface area contributed by atoms with Crippen molar-refractivity contribution in [1.82, 2.24) is 9.38 Å². The highest BCUT2D eigenvalue weighted by Crippen LogP contribution is 2.40. The molecule has 0 radical (unpaired) electrons. The van der Waals surface area contributed by atoms with Gasteiger partial charge in [0.1, 0.15) is 23.6 Å². The first kappa shape index (κ1) is 17.0. The smallest absolute Gasteiger partial charge is 0.248 e. The summed E-state index contributed by atoms with van der Waals surface area (Å²) in [6.07, 6.45) is 0. The lowest BCUT2D eigenvalue weighted by Crippen LogP contribution is -2.69. The van der Waals surface area contributed by atoms with Crippen LogP contribution in [0.1, 0.15) is 6.92 Å². The van der Waals surface area contributed by atoms with Crippen LogP contribution >= 0.6 is 11.8 Å². The maximum atomic E-state index is 12.0. The molecule has 24 heavy (non-hydrogen) atoms. The number of β-lactam (4-membered cyclic amide) rings is 1. The number of carbonyl (C=O) groups is 2. The zero-order valence-electron chi connectivity index (χ0n) is 13.8. The molecule has 3 atom stereocenters. The largest absolute Gasteiger partial charge is 0.543 e. The Bertz CT molecular complexity index is 706. The Balaban J connectivity index is 1.97. The monoisotopic (exact) mass is 347 g/mol. The molecule has 1 aromatic rings. The minimum Gasteiger partial charge on any atom is -0.543 e. The molecule has 0 aromatic heterocycles. The number of carboxylic acid groups (broad SMARTS) is 1. The summed E-state index contributed by atoms with van der Waals surface area (Å²) in [5.74, 6) is -1.09. The van der Waals surface area contributed by atoms with Crippen molar-refractivity contribution in [1.29, 1.82) is 0 Å². The Morgan fingerprint density at radius 1 is 1.42 bits per heavy atom. The normalized spacial score (nSPS) is 25.8. The van der Waals surface area contributed by atoms with Crippen LogP contribution in [0.25, 0.3) is 0 Å². The van der Waals surface area contributed by atoms with Crippen molar-refractivity contribution in [3.63, 3.8) is 0 Å². The Morgan fingerprint density at radius 3 is 2.67 bits per heavy atom. The molecule has 0 aliphatic carbocycles. The van der Waals surface area contributed by atoms with Crippen LogP contribution in [0.5, 0.6) is 0 Å². The van der Waals surface area contributed by atoms with Crippen LogP contribution in [0.2, 0.25) is 0 Å².